The van der Waals surface area contributed by atoms with E-state index in [2.05, 4.69) is 15.9 Å². The Kier molecular flexibility index (Phi) is 5.35. The number of alkyl halides is 1. The lowest BCUT2D eigenvalue weighted by Gasteiger charge is -2.31. The normalized spacial score (nSPS) is 16.2. The maximum absolute atomic E-state index is 12.4. The molecular weight excluding hydrogens is 342 g/mol. The van der Waals surface area contributed by atoms with Gasteiger partial charge in [0.05, 0.1) is 23.8 Å². The molecule has 0 spiro atoms. The van der Waals surface area contributed by atoms with Gasteiger partial charge in [0.25, 0.3) is 11.6 Å². The number of rotatable bonds is 5. The summed E-state index contributed by atoms with van der Waals surface area (Å²) >= 11 is 3.32. The zero-order valence-electron chi connectivity index (χ0n) is 11.8. The molecule has 0 saturated carbocycles. The van der Waals surface area contributed by atoms with Gasteiger partial charge in [-0.3, -0.25) is 14.9 Å². The Morgan fingerprint density at radius 3 is 2.71 bits per heavy atom. The molecule has 1 fully saturated rings. The van der Waals surface area contributed by atoms with Gasteiger partial charge in [-0.2, -0.15) is 0 Å². The molecule has 0 bridgehead atoms. The molecule has 2 heterocycles. The first-order chi connectivity index (χ1) is 10.0. The Morgan fingerprint density at radius 2 is 2.19 bits per heavy atom. The summed E-state index contributed by atoms with van der Waals surface area (Å²) in [6, 6.07) is 1.33. The van der Waals surface area contributed by atoms with Crippen molar-refractivity contribution in [2.75, 3.05) is 25.0 Å². The quantitative estimate of drug-likeness (QED) is 0.457. The fraction of sp³-hybridized carbons (Fsp3) is 0.615. The van der Waals surface area contributed by atoms with E-state index in [1.807, 2.05) is 0 Å². The minimum Gasteiger partial charge on any atom is -0.377 e. The highest BCUT2D eigenvalue weighted by atomic mass is 79.9. The lowest BCUT2D eigenvalue weighted by molar-refractivity contribution is -0.384. The number of likely N-dealkylation sites (tertiary alicyclic amines) is 1. The van der Waals surface area contributed by atoms with Gasteiger partial charge >= 0.3 is 0 Å². The van der Waals surface area contributed by atoms with Crippen LogP contribution in [0.1, 0.15) is 23.3 Å². The van der Waals surface area contributed by atoms with Gasteiger partial charge in [0, 0.05) is 31.5 Å². The first-order valence-corrected chi connectivity index (χ1v) is 7.92. The van der Waals surface area contributed by atoms with Gasteiger partial charge in [0.2, 0.25) is 0 Å². The Balaban J connectivity index is 1.97. The molecular formula is C13H18BrN3O4. The van der Waals surface area contributed by atoms with E-state index in [1.165, 1.54) is 16.8 Å². The number of carbonyl (C=O) groups excluding carboxylic acids is 1. The maximum Gasteiger partial charge on any atom is 0.287 e. The molecule has 1 aromatic heterocycles. The van der Waals surface area contributed by atoms with E-state index in [-0.39, 0.29) is 17.7 Å². The molecule has 1 aromatic rings. The second-order valence-electron chi connectivity index (χ2n) is 5.00. The number of piperidine rings is 1. The molecule has 1 aliphatic heterocycles. The van der Waals surface area contributed by atoms with Crippen LogP contribution in [-0.4, -0.2) is 51.4 Å². The highest BCUT2D eigenvalue weighted by molar-refractivity contribution is 9.09. The molecule has 0 atom stereocenters. The molecule has 1 amide bonds. The molecule has 1 aliphatic rings. The van der Waals surface area contributed by atoms with Crippen molar-refractivity contribution >= 4 is 27.5 Å². The average molecular weight is 360 g/mol. The Labute approximate surface area is 131 Å². The molecule has 2 rings (SSSR count). The van der Waals surface area contributed by atoms with Crippen molar-refractivity contribution in [3.05, 3.63) is 28.1 Å². The van der Waals surface area contributed by atoms with Gasteiger partial charge in [0.1, 0.15) is 5.69 Å². The molecule has 116 valence electrons. The highest BCUT2D eigenvalue weighted by Crippen LogP contribution is 2.20. The number of hydrogen-bond acceptors (Lipinski definition) is 4. The van der Waals surface area contributed by atoms with E-state index < -0.39 is 4.92 Å². The zero-order chi connectivity index (χ0) is 15.4. The van der Waals surface area contributed by atoms with Gasteiger partial charge in [0.15, 0.2) is 0 Å². The number of ether oxygens (including phenoxy) is 1. The van der Waals surface area contributed by atoms with Crippen molar-refractivity contribution in [3.8, 4) is 0 Å². The van der Waals surface area contributed by atoms with Crippen molar-refractivity contribution < 1.29 is 14.5 Å². The van der Waals surface area contributed by atoms with Gasteiger partial charge in [-0.15, -0.1) is 0 Å². The van der Waals surface area contributed by atoms with E-state index in [0.717, 1.165) is 18.2 Å². The van der Waals surface area contributed by atoms with E-state index in [4.69, 9.17) is 4.74 Å². The van der Waals surface area contributed by atoms with E-state index in [9.17, 15) is 14.9 Å². The monoisotopic (exact) mass is 359 g/mol. The Hall–Kier alpha value is -1.41. The van der Waals surface area contributed by atoms with Crippen LogP contribution in [0.5, 0.6) is 0 Å². The van der Waals surface area contributed by atoms with Crippen LogP contribution in [0.4, 0.5) is 5.69 Å². The van der Waals surface area contributed by atoms with Crippen LogP contribution in [-0.2, 0) is 11.8 Å². The second kappa shape index (κ2) is 7.04. The van der Waals surface area contributed by atoms with Crippen LogP contribution in [0, 0.1) is 10.1 Å². The second-order valence-corrected chi connectivity index (χ2v) is 5.80. The zero-order valence-corrected chi connectivity index (χ0v) is 13.4. The first kappa shape index (κ1) is 16.0. The highest BCUT2D eigenvalue weighted by Gasteiger charge is 2.27. The Bertz CT molecular complexity index is 523. The van der Waals surface area contributed by atoms with Gasteiger partial charge in [-0.05, 0) is 12.8 Å². The lowest BCUT2D eigenvalue weighted by Crippen LogP contribution is -2.41. The first-order valence-electron chi connectivity index (χ1n) is 6.80. The molecule has 0 aromatic carbocycles. The van der Waals surface area contributed by atoms with Crippen molar-refractivity contribution in [3.63, 3.8) is 0 Å². The van der Waals surface area contributed by atoms with Crippen LogP contribution in [0.25, 0.3) is 0 Å². The van der Waals surface area contributed by atoms with Crippen molar-refractivity contribution in [1.29, 1.82) is 0 Å². The van der Waals surface area contributed by atoms with Crippen molar-refractivity contribution in [2.45, 2.75) is 18.9 Å². The topological polar surface area (TPSA) is 77.6 Å². The minimum atomic E-state index is -0.489. The predicted octanol–water partition coefficient (Wildman–Crippen LogP) is 1.95. The summed E-state index contributed by atoms with van der Waals surface area (Å²) in [6.07, 6.45) is 3.14. The van der Waals surface area contributed by atoms with Gasteiger partial charge in [-0.1, -0.05) is 15.9 Å². The van der Waals surface area contributed by atoms with E-state index in [1.54, 1.807) is 11.9 Å². The number of hydrogen-bond donors (Lipinski definition) is 0. The van der Waals surface area contributed by atoms with Crippen LogP contribution >= 0.6 is 15.9 Å². The predicted molar refractivity (Wildman–Crippen MR) is 80.7 cm³/mol. The number of halogens is 1. The SMILES string of the molecule is Cn1cc([N+](=O)[O-])cc1C(=O)N1CCC(OCCBr)CC1. The van der Waals surface area contributed by atoms with Crippen LogP contribution in [0.2, 0.25) is 0 Å². The van der Waals surface area contributed by atoms with E-state index >= 15 is 0 Å². The molecule has 0 N–H and O–H groups in total. The summed E-state index contributed by atoms with van der Waals surface area (Å²) in [7, 11) is 1.64. The number of amides is 1. The largest absolute Gasteiger partial charge is 0.377 e. The average Bonchev–Trinajstić information content (AvgIpc) is 2.87. The van der Waals surface area contributed by atoms with Crippen LogP contribution < -0.4 is 0 Å². The van der Waals surface area contributed by atoms with Crippen LogP contribution in [0.3, 0.4) is 0 Å². The summed E-state index contributed by atoms with van der Waals surface area (Å²) in [4.78, 5) is 24.4. The van der Waals surface area contributed by atoms with E-state index in [0.29, 0.717) is 25.4 Å². The molecule has 0 unspecified atom stereocenters. The number of carbonyl (C=O) groups is 1. The standard InChI is InChI=1S/C13H18BrN3O4/c1-15-9-10(17(19)20)8-12(15)13(18)16-5-2-11(3-6-16)21-7-4-14/h8-9,11H,2-7H2,1H3. The summed E-state index contributed by atoms with van der Waals surface area (Å²) in [5.41, 5.74) is 0.290. The van der Waals surface area contributed by atoms with Crippen molar-refractivity contribution in [1.82, 2.24) is 9.47 Å². The summed E-state index contributed by atoms with van der Waals surface area (Å²) < 4.78 is 7.15. The summed E-state index contributed by atoms with van der Waals surface area (Å²) in [5, 5.41) is 11.6. The fourth-order valence-electron chi connectivity index (χ4n) is 2.46. The summed E-state index contributed by atoms with van der Waals surface area (Å²) in [6.45, 7) is 1.90. The third kappa shape index (κ3) is 3.82. The summed E-state index contributed by atoms with van der Waals surface area (Å²) in [5.74, 6) is -0.162. The van der Waals surface area contributed by atoms with Crippen LogP contribution in [0.15, 0.2) is 12.3 Å². The molecule has 21 heavy (non-hydrogen) atoms. The van der Waals surface area contributed by atoms with Gasteiger partial charge in [-0.25, -0.2) is 0 Å². The molecule has 0 aliphatic carbocycles. The van der Waals surface area contributed by atoms with Crippen molar-refractivity contribution in [2.24, 2.45) is 7.05 Å². The number of nitrogens with zero attached hydrogens (tertiary/aromatic N) is 3. The molecule has 0 radical (unpaired) electrons. The minimum absolute atomic E-state index is 0.0589. The molecule has 8 heteroatoms. The number of aromatic nitrogens is 1. The smallest absolute Gasteiger partial charge is 0.287 e. The number of nitro groups is 1. The lowest BCUT2D eigenvalue weighted by atomic mass is 10.1. The maximum atomic E-state index is 12.4. The van der Waals surface area contributed by atoms with Gasteiger partial charge < -0.3 is 14.2 Å². The Morgan fingerprint density at radius 1 is 1.52 bits per heavy atom. The third-order valence-corrected chi connectivity index (χ3v) is 3.90. The number of aryl methyl sites for hydroxylation is 1. The fourth-order valence-corrected chi connectivity index (χ4v) is 2.65. The molecule has 1 saturated heterocycles. The molecule has 7 nitrogen and oxygen atoms in total. The third-order valence-electron chi connectivity index (χ3n) is 3.58.